The molecule has 0 aliphatic carbocycles. The van der Waals surface area contributed by atoms with E-state index in [1.807, 2.05) is 0 Å². The van der Waals surface area contributed by atoms with E-state index in [9.17, 15) is 14.4 Å². The predicted molar refractivity (Wildman–Crippen MR) is 98.6 cm³/mol. The summed E-state index contributed by atoms with van der Waals surface area (Å²) in [6.07, 6.45) is 0. The number of hydrogen-bond donors (Lipinski definition) is 3. The van der Waals surface area contributed by atoms with Crippen LogP contribution in [0.25, 0.3) is 5.69 Å². The Morgan fingerprint density at radius 2 is 1.74 bits per heavy atom. The molecule has 4 rings (SSSR count). The zero-order valence-electron chi connectivity index (χ0n) is 13.6. The van der Waals surface area contributed by atoms with Crippen LogP contribution in [0.15, 0.2) is 47.3 Å². The van der Waals surface area contributed by atoms with Gasteiger partial charge in [0, 0.05) is 11.8 Å². The van der Waals surface area contributed by atoms with E-state index < -0.39 is 17.4 Å². The summed E-state index contributed by atoms with van der Waals surface area (Å²) in [5, 5.41) is 13.1. The van der Waals surface area contributed by atoms with Crippen molar-refractivity contribution in [2.24, 2.45) is 0 Å². The summed E-state index contributed by atoms with van der Waals surface area (Å²) in [4.78, 5) is 36.0. The van der Waals surface area contributed by atoms with Gasteiger partial charge in [-0.15, -0.1) is 10.2 Å². The Kier molecular flexibility index (Phi) is 3.85. The van der Waals surface area contributed by atoms with Crippen molar-refractivity contribution in [1.29, 1.82) is 0 Å². The number of carbonyl (C=O) groups excluding carboxylic acids is 2. The molecule has 1 aliphatic heterocycles. The predicted octanol–water partition coefficient (Wildman–Crippen LogP) is 1.49. The second-order valence-corrected chi connectivity index (χ2v) is 6.08. The van der Waals surface area contributed by atoms with E-state index in [1.54, 1.807) is 36.4 Å². The molecule has 0 saturated carbocycles. The van der Waals surface area contributed by atoms with Crippen LogP contribution in [0.4, 0.5) is 17.3 Å². The lowest BCUT2D eigenvalue weighted by atomic mass is 10.1. The molecule has 0 atom stereocenters. The lowest BCUT2D eigenvalue weighted by Gasteiger charge is -2.12. The maximum atomic E-state index is 12.4. The molecule has 27 heavy (non-hydrogen) atoms. The maximum Gasteiger partial charge on any atom is 0.262 e. The number of imide groups is 1. The number of nitrogens with zero attached hydrogens (tertiary/aromatic N) is 3. The molecule has 3 aromatic rings. The Morgan fingerprint density at radius 3 is 2.41 bits per heavy atom. The summed E-state index contributed by atoms with van der Waals surface area (Å²) in [5.41, 5.74) is 6.60. The number of halogens is 1. The normalized spacial score (nSPS) is 12.6. The van der Waals surface area contributed by atoms with Crippen LogP contribution in [-0.4, -0.2) is 26.6 Å². The van der Waals surface area contributed by atoms with Crippen LogP contribution in [0.2, 0.25) is 5.15 Å². The first-order chi connectivity index (χ1) is 12.9. The van der Waals surface area contributed by atoms with Crippen LogP contribution in [0.1, 0.15) is 20.7 Å². The molecule has 0 unspecified atom stereocenters. The summed E-state index contributed by atoms with van der Waals surface area (Å²) in [5.74, 6) is -0.850. The summed E-state index contributed by atoms with van der Waals surface area (Å²) >= 11 is 5.70. The second-order valence-electron chi connectivity index (χ2n) is 5.69. The molecule has 1 aromatic carbocycles. The van der Waals surface area contributed by atoms with Crippen molar-refractivity contribution < 1.29 is 9.59 Å². The number of rotatable bonds is 3. The van der Waals surface area contributed by atoms with Crippen molar-refractivity contribution in [1.82, 2.24) is 20.1 Å². The number of nitrogens with two attached hydrogens (primary N) is 1. The van der Waals surface area contributed by atoms with Gasteiger partial charge in [0.1, 0.15) is 5.82 Å². The number of nitrogens with one attached hydrogen (secondary N) is 2. The lowest BCUT2D eigenvalue weighted by Crippen LogP contribution is -2.24. The highest BCUT2D eigenvalue weighted by atomic mass is 35.5. The number of fused-ring (bicyclic) bond motifs is 1. The van der Waals surface area contributed by atoms with Crippen molar-refractivity contribution in [2.45, 2.75) is 0 Å². The SMILES string of the molecule is Nc1c2c(cc(=O)n1-c1ccc(Nc3ccc(Cl)nn3)cc1)C(=O)NC2=O. The van der Waals surface area contributed by atoms with Gasteiger partial charge < -0.3 is 11.1 Å². The Bertz CT molecular complexity index is 1140. The van der Waals surface area contributed by atoms with Gasteiger partial charge in [-0.05, 0) is 36.4 Å². The topological polar surface area (TPSA) is 132 Å². The quantitative estimate of drug-likeness (QED) is 0.584. The van der Waals surface area contributed by atoms with Crippen molar-refractivity contribution in [3.63, 3.8) is 0 Å². The van der Waals surface area contributed by atoms with Crippen molar-refractivity contribution >= 4 is 40.7 Å². The lowest BCUT2D eigenvalue weighted by molar-refractivity contribution is 0.0880. The number of carbonyl (C=O) groups is 2. The summed E-state index contributed by atoms with van der Waals surface area (Å²) in [7, 11) is 0. The summed E-state index contributed by atoms with van der Waals surface area (Å²) in [6, 6.07) is 11.1. The van der Waals surface area contributed by atoms with E-state index in [-0.39, 0.29) is 22.1 Å². The molecule has 0 saturated heterocycles. The zero-order valence-corrected chi connectivity index (χ0v) is 14.3. The average molecular weight is 383 g/mol. The van der Waals surface area contributed by atoms with Gasteiger partial charge in [-0.3, -0.25) is 24.3 Å². The minimum Gasteiger partial charge on any atom is -0.384 e. The smallest absolute Gasteiger partial charge is 0.262 e. The highest BCUT2D eigenvalue weighted by Gasteiger charge is 2.31. The highest BCUT2D eigenvalue weighted by Crippen LogP contribution is 2.24. The molecule has 0 radical (unpaired) electrons. The van der Waals surface area contributed by atoms with Gasteiger partial charge in [-0.2, -0.15) is 0 Å². The third-order valence-corrected chi connectivity index (χ3v) is 4.18. The molecule has 0 fully saturated rings. The number of pyridine rings is 1. The van der Waals surface area contributed by atoms with E-state index in [0.29, 0.717) is 17.2 Å². The Morgan fingerprint density at radius 1 is 1.00 bits per heavy atom. The van der Waals surface area contributed by atoms with Crippen molar-refractivity contribution in [2.75, 3.05) is 11.1 Å². The fourth-order valence-corrected chi connectivity index (χ4v) is 2.87. The Labute approximate surface area is 156 Å². The molecule has 4 N–H and O–H groups in total. The van der Waals surface area contributed by atoms with Crippen LogP contribution in [0.3, 0.4) is 0 Å². The Balaban J connectivity index is 1.70. The van der Waals surface area contributed by atoms with E-state index in [0.717, 1.165) is 6.07 Å². The number of benzene rings is 1. The van der Waals surface area contributed by atoms with E-state index in [4.69, 9.17) is 17.3 Å². The average Bonchev–Trinajstić information content (AvgIpc) is 2.92. The van der Waals surface area contributed by atoms with Crippen LogP contribution in [0, 0.1) is 0 Å². The van der Waals surface area contributed by atoms with Gasteiger partial charge in [0.2, 0.25) is 0 Å². The van der Waals surface area contributed by atoms with Gasteiger partial charge in [0.05, 0.1) is 16.8 Å². The van der Waals surface area contributed by atoms with Crippen LogP contribution in [-0.2, 0) is 0 Å². The molecule has 9 nitrogen and oxygen atoms in total. The number of hydrogen-bond acceptors (Lipinski definition) is 7. The van der Waals surface area contributed by atoms with Gasteiger partial charge in [0.15, 0.2) is 11.0 Å². The molecule has 2 aromatic heterocycles. The zero-order chi connectivity index (χ0) is 19.1. The Hall–Kier alpha value is -3.72. The second kappa shape index (κ2) is 6.22. The first kappa shape index (κ1) is 16.7. The number of amides is 2. The number of nitrogen functional groups attached to an aromatic ring is 1. The molecule has 1 aliphatic rings. The van der Waals surface area contributed by atoms with Gasteiger partial charge in [-0.1, -0.05) is 11.6 Å². The molecular weight excluding hydrogens is 372 g/mol. The third kappa shape index (κ3) is 2.89. The van der Waals surface area contributed by atoms with Crippen molar-refractivity contribution in [3.05, 3.63) is 69.1 Å². The van der Waals surface area contributed by atoms with E-state index in [1.165, 1.54) is 4.57 Å². The minimum atomic E-state index is -0.630. The van der Waals surface area contributed by atoms with Crippen LogP contribution >= 0.6 is 11.6 Å². The number of anilines is 3. The van der Waals surface area contributed by atoms with Crippen molar-refractivity contribution in [3.8, 4) is 5.69 Å². The molecule has 2 amide bonds. The molecule has 3 heterocycles. The fourth-order valence-electron chi connectivity index (χ4n) is 2.77. The maximum absolute atomic E-state index is 12.4. The summed E-state index contributed by atoms with van der Waals surface area (Å²) in [6.45, 7) is 0. The highest BCUT2D eigenvalue weighted by molar-refractivity contribution is 6.29. The van der Waals surface area contributed by atoms with E-state index in [2.05, 4.69) is 20.8 Å². The molecule has 0 bridgehead atoms. The largest absolute Gasteiger partial charge is 0.384 e. The third-order valence-electron chi connectivity index (χ3n) is 3.98. The van der Waals surface area contributed by atoms with Gasteiger partial charge >= 0.3 is 0 Å². The molecule has 0 spiro atoms. The monoisotopic (exact) mass is 382 g/mol. The van der Waals surface area contributed by atoms with Crippen LogP contribution in [0.5, 0.6) is 0 Å². The van der Waals surface area contributed by atoms with Gasteiger partial charge in [-0.25, -0.2) is 0 Å². The minimum absolute atomic E-state index is 0.00163. The fraction of sp³-hybridized carbons (Fsp3) is 0. The first-order valence-electron chi connectivity index (χ1n) is 7.72. The van der Waals surface area contributed by atoms with Crippen LogP contribution < -0.4 is 21.9 Å². The standard InChI is InChI=1S/C17H11ClN6O3/c18-11-5-6-12(23-22-11)20-8-1-3-9(4-2-8)24-13(25)7-10-14(15(24)19)17(27)21-16(10)26/h1-7H,19H2,(H,20,23)(H,21,26,27). The summed E-state index contributed by atoms with van der Waals surface area (Å²) < 4.78 is 1.17. The molecule has 134 valence electrons. The number of aromatic nitrogens is 3. The molecule has 10 heteroatoms. The molecular formula is C17H11ClN6O3. The first-order valence-corrected chi connectivity index (χ1v) is 8.10. The van der Waals surface area contributed by atoms with Gasteiger partial charge in [0.25, 0.3) is 17.4 Å². The van der Waals surface area contributed by atoms with E-state index >= 15 is 0 Å².